The summed E-state index contributed by atoms with van der Waals surface area (Å²) in [6, 6.07) is 0. The van der Waals surface area contributed by atoms with E-state index >= 15 is 0 Å². The van der Waals surface area contributed by atoms with E-state index in [1.807, 2.05) is 0 Å². The lowest BCUT2D eigenvalue weighted by Gasteiger charge is -2.35. The molecule has 1 aliphatic heterocycles. The molecule has 2 aliphatic rings. The maximum atomic E-state index is 12.2. The van der Waals surface area contributed by atoms with Crippen LogP contribution >= 0.6 is 0 Å². The summed E-state index contributed by atoms with van der Waals surface area (Å²) in [5.74, 6) is -0.737. The van der Waals surface area contributed by atoms with Gasteiger partial charge in [0.15, 0.2) is 0 Å². The smallest absolute Gasteiger partial charge is 0.333 e. The number of fused-ring (bicyclic) bond motifs is 1. The van der Waals surface area contributed by atoms with Crippen LogP contribution in [-0.4, -0.2) is 24.4 Å². The maximum Gasteiger partial charge on any atom is 0.333 e. The van der Waals surface area contributed by atoms with Crippen LogP contribution in [0.5, 0.6) is 0 Å². The minimum atomic E-state index is -0.506. The fourth-order valence-corrected chi connectivity index (χ4v) is 3.46. The summed E-state index contributed by atoms with van der Waals surface area (Å²) in [6.07, 6.45) is 5.80. The minimum absolute atomic E-state index is 0.101. The highest BCUT2D eigenvalue weighted by Crippen LogP contribution is 2.48. The van der Waals surface area contributed by atoms with Gasteiger partial charge in [0.1, 0.15) is 0 Å². The molecular weight excluding hydrogens is 270 g/mol. The summed E-state index contributed by atoms with van der Waals surface area (Å²) in [5, 5.41) is 2.50. The van der Waals surface area contributed by atoms with E-state index in [1.165, 1.54) is 0 Å². The summed E-state index contributed by atoms with van der Waals surface area (Å²) in [7, 11) is 0. The number of hydrogen-bond donors (Lipinski definition) is 1. The maximum absolute atomic E-state index is 12.2. The Kier molecular flexibility index (Phi) is 4.80. The van der Waals surface area contributed by atoms with Crippen molar-refractivity contribution in [3.8, 4) is 0 Å². The molecule has 2 amide bonds. The summed E-state index contributed by atoms with van der Waals surface area (Å²) in [6.45, 7) is 5.47. The Morgan fingerprint density at radius 1 is 1.38 bits per heavy atom. The van der Waals surface area contributed by atoms with Crippen molar-refractivity contribution < 1.29 is 19.1 Å². The van der Waals surface area contributed by atoms with Crippen LogP contribution in [0, 0.1) is 11.3 Å². The van der Waals surface area contributed by atoms with Crippen molar-refractivity contribution in [2.45, 2.75) is 51.9 Å². The average Bonchev–Trinajstić information content (AvgIpc) is 2.70. The van der Waals surface area contributed by atoms with Gasteiger partial charge in [0.25, 0.3) is 0 Å². The lowest BCUT2D eigenvalue weighted by Crippen LogP contribution is -2.37. The van der Waals surface area contributed by atoms with Gasteiger partial charge in [0.2, 0.25) is 11.8 Å². The number of carbonyl (C=O) groups excluding carboxylic acids is 3. The molecule has 1 saturated carbocycles. The third-order valence-electron chi connectivity index (χ3n) is 4.64. The second-order valence-corrected chi connectivity index (χ2v) is 6.15. The highest BCUT2D eigenvalue weighted by molar-refractivity contribution is 6.07. The minimum Gasteiger partial charge on any atom is -0.462 e. The molecule has 5 nitrogen and oxygen atoms in total. The molecule has 0 bridgehead atoms. The topological polar surface area (TPSA) is 72.5 Å². The second-order valence-electron chi connectivity index (χ2n) is 6.15. The SMILES string of the molecule is C=C(C)C(=O)OCCCCC12CCCCC1C(=O)NC2=O. The van der Waals surface area contributed by atoms with Crippen LogP contribution in [-0.2, 0) is 19.1 Å². The number of rotatable bonds is 6. The fraction of sp³-hybridized carbons (Fsp3) is 0.688. The van der Waals surface area contributed by atoms with E-state index in [0.717, 1.165) is 32.1 Å². The van der Waals surface area contributed by atoms with E-state index < -0.39 is 5.41 Å². The molecule has 1 saturated heterocycles. The lowest BCUT2D eigenvalue weighted by atomic mass is 9.65. The van der Waals surface area contributed by atoms with Crippen molar-refractivity contribution in [1.82, 2.24) is 5.32 Å². The highest BCUT2D eigenvalue weighted by atomic mass is 16.5. The van der Waals surface area contributed by atoms with Crippen LogP contribution in [0.3, 0.4) is 0 Å². The molecule has 0 spiro atoms. The van der Waals surface area contributed by atoms with Crippen molar-refractivity contribution in [1.29, 1.82) is 0 Å². The first-order chi connectivity index (χ1) is 9.97. The first-order valence-corrected chi connectivity index (χ1v) is 7.65. The molecule has 2 rings (SSSR count). The standard InChI is InChI=1S/C16H23NO4/c1-11(2)14(19)21-10-6-5-9-16-8-4-3-7-12(16)13(18)17-15(16)20/h12H,1,3-10H2,2H3,(H,17,18,20). The molecule has 2 unspecified atom stereocenters. The highest BCUT2D eigenvalue weighted by Gasteiger charge is 2.54. The monoisotopic (exact) mass is 293 g/mol. The second kappa shape index (κ2) is 6.41. The van der Waals surface area contributed by atoms with Gasteiger partial charge in [-0.25, -0.2) is 4.79 Å². The number of amides is 2. The van der Waals surface area contributed by atoms with Gasteiger partial charge >= 0.3 is 5.97 Å². The zero-order valence-corrected chi connectivity index (χ0v) is 12.6. The van der Waals surface area contributed by atoms with Crippen molar-refractivity contribution >= 4 is 17.8 Å². The molecule has 2 atom stereocenters. The number of unbranched alkanes of at least 4 members (excludes halogenated alkanes) is 1. The quantitative estimate of drug-likeness (QED) is 0.352. The van der Waals surface area contributed by atoms with E-state index in [1.54, 1.807) is 6.92 Å². The van der Waals surface area contributed by atoms with E-state index in [0.29, 0.717) is 25.0 Å². The number of imide groups is 1. The summed E-state index contributed by atoms with van der Waals surface area (Å²) in [4.78, 5) is 35.3. The Bertz CT molecular complexity index is 471. The number of esters is 1. The number of ether oxygens (including phenoxy) is 1. The molecule has 1 heterocycles. The summed E-state index contributed by atoms with van der Waals surface area (Å²) >= 11 is 0. The molecule has 0 aromatic carbocycles. The van der Waals surface area contributed by atoms with Crippen LogP contribution in [0.1, 0.15) is 51.9 Å². The number of hydrogen-bond acceptors (Lipinski definition) is 4. The van der Waals surface area contributed by atoms with Gasteiger partial charge in [0.05, 0.1) is 17.9 Å². The Morgan fingerprint density at radius 3 is 2.86 bits per heavy atom. The van der Waals surface area contributed by atoms with Crippen LogP contribution < -0.4 is 5.32 Å². The Morgan fingerprint density at radius 2 is 2.14 bits per heavy atom. The Balaban J connectivity index is 1.83. The third kappa shape index (κ3) is 3.17. The molecule has 21 heavy (non-hydrogen) atoms. The fourth-order valence-electron chi connectivity index (χ4n) is 3.46. The van der Waals surface area contributed by atoms with Gasteiger partial charge < -0.3 is 4.74 Å². The van der Waals surface area contributed by atoms with Crippen molar-refractivity contribution in [2.75, 3.05) is 6.61 Å². The van der Waals surface area contributed by atoms with E-state index in [4.69, 9.17) is 4.74 Å². The predicted octanol–water partition coefficient (Wildman–Crippen LogP) is 2.11. The first-order valence-electron chi connectivity index (χ1n) is 7.65. The van der Waals surface area contributed by atoms with Gasteiger partial charge in [-0.15, -0.1) is 0 Å². The first kappa shape index (κ1) is 15.7. The normalized spacial score (nSPS) is 28.0. The van der Waals surface area contributed by atoms with Gasteiger partial charge in [0, 0.05) is 5.57 Å². The van der Waals surface area contributed by atoms with Crippen molar-refractivity contribution in [3.63, 3.8) is 0 Å². The molecular formula is C16H23NO4. The molecule has 2 fully saturated rings. The predicted molar refractivity (Wildman–Crippen MR) is 77.2 cm³/mol. The Hall–Kier alpha value is -1.65. The van der Waals surface area contributed by atoms with E-state index in [9.17, 15) is 14.4 Å². The molecule has 0 radical (unpaired) electrons. The summed E-state index contributed by atoms with van der Waals surface area (Å²) in [5.41, 5.74) is -0.116. The zero-order chi connectivity index (χ0) is 15.5. The molecule has 1 N–H and O–H groups in total. The van der Waals surface area contributed by atoms with Crippen LogP contribution in [0.25, 0.3) is 0 Å². The van der Waals surface area contributed by atoms with Crippen molar-refractivity contribution in [3.05, 3.63) is 12.2 Å². The van der Waals surface area contributed by atoms with Gasteiger partial charge in [-0.05, 0) is 39.0 Å². The van der Waals surface area contributed by atoms with Crippen molar-refractivity contribution in [2.24, 2.45) is 11.3 Å². The molecule has 0 aromatic rings. The van der Waals surface area contributed by atoms with Gasteiger partial charge in [-0.2, -0.15) is 0 Å². The third-order valence-corrected chi connectivity index (χ3v) is 4.64. The van der Waals surface area contributed by atoms with Crippen LogP contribution in [0.4, 0.5) is 0 Å². The zero-order valence-electron chi connectivity index (χ0n) is 12.6. The molecule has 0 aromatic heterocycles. The lowest BCUT2D eigenvalue weighted by molar-refractivity contribution is -0.139. The van der Waals surface area contributed by atoms with Gasteiger partial charge in [-0.1, -0.05) is 19.4 Å². The number of carbonyl (C=O) groups is 3. The molecule has 1 aliphatic carbocycles. The average molecular weight is 293 g/mol. The molecule has 116 valence electrons. The largest absolute Gasteiger partial charge is 0.462 e. The number of nitrogens with one attached hydrogen (secondary N) is 1. The van der Waals surface area contributed by atoms with Gasteiger partial charge in [-0.3, -0.25) is 14.9 Å². The van der Waals surface area contributed by atoms with Crippen LogP contribution in [0.15, 0.2) is 12.2 Å². The Labute approximate surface area is 125 Å². The van der Waals surface area contributed by atoms with E-state index in [-0.39, 0.29) is 23.7 Å². The van der Waals surface area contributed by atoms with E-state index in [2.05, 4.69) is 11.9 Å². The molecule has 5 heteroatoms. The van der Waals surface area contributed by atoms with Crippen LogP contribution in [0.2, 0.25) is 0 Å². The summed E-state index contributed by atoms with van der Waals surface area (Å²) < 4.78 is 5.04.